The molecule has 6 nitrogen and oxygen atoms in total. The fourth-order valence-corrected chi connectivity index (χ4v) is 4.24. The SMILES string of the molecule is Cc1ccc(C(=O)N2CC[C@]3(C2)CN(c2cccnc2)C(=O)CN3C)cc1C. The number of hydrogen-bond donors (Lipinski definition) is 0. The zero-order chi connectivity index (χ0) is 19.9. The van der Waals surface area contributed by atoms with Crippen LogP contribution in [0.1, 0.15) is 27.9 Å². The molecule has 28 heavy (non-hydrogen) atoms. The summed E-state index contributed by atoms with van der Waals surface area (Å²) in [6, 6.07) is 9.64. The van der Waals surface area contributed by atoms with Crippen molar-refractivity contribution < 1.29 is 9.59 Å². The Morgan fingerprint density at radius 2 is 1.96 bits per heavy atom. The number of aryl methyl sites for hydroxylation is 2. The summed E-state index contributed by atoms with van der Waals surface area (Å²) in [7, 11) is 1.99. The van der Waals surface area contributed by atoms with E-state index in [1.165, 1.54) is 5.56 Å². The van der Waals surface area contributed by atoms with Crippen LogP contribution in [0.25, 0.3) is 0 Å². The number of likely N-dealkylation sites (tertiary alicyclic amines) is 1. The Morgan fingerprint density at radius 3 is 2.68 bits per heavy atom. The lowest BCUT2D eigenvalue weighted by Crippen LogP contribution is -2.64. The van der Waals surface area contributed by atoms with Gasteiger partial charge in [-0.15, -0.1) is 0 Å². The van der Waals surface area contributed by atoms with Gasteiger partial charge in [-0.05, 0) is 62.7 Å². The third kappa shape index (κ3) is 3.18. The van der Waals surface area contributed by atoms with E-state index in [0.29, 0.717) is 26.2 Å². The molecule has 0 bridgehead atoms. The van der Waals surface area contributed by atoms with E-state index < -0.39 is 0 Å². The van der Waals surface area contributed by atoms with Crippen LogP contribution >= 0.6 is 0 Å². The summed E-state index contributed by atoms with van der Waals surface area (Å²) < 4.78 is 0. The molecule has 2 amide bonds. The Morgan fingerprint density at radius 1 is 1.14 bits per heavy atom. The molecule has 1 aromatic carbocycles. The molecule has 0 saturated carbocycles. The molecular weight excluding hydrogens is 352 g/mol. The molecule has 4 rings (SSSR count). The minimum absolute atomic E-state index is 0.0678. The zero-order valence-electron chi connectivity index (χ0n) is 16.7. The average Bonchev–Trinajstić information content (AvgIpc) is 3.12. The van der Waals surface area contributed by atoms with Crippen molar-refractivity contribution in [3.8, 4) is 0 Å². The Bertz CT molecular complexity index is 914. The van der Waals surface area contributed by atoms with Crippen LogP contribution in [0.2, 0.25) is 0 Å². The van der Waals surface area contributed by atoms with Gasteiger partial charge in [-0.2, -0.15) is 0 Å². The molecule has 2 fully saturated rings. The van der Waals surface area contributed by atoms with E-state index in [0.717, 1.165) is 23.2 Å². The van der Waals surface area contributed by atoms with Crippen molar-refractivity contribution in [2.45, 2.75) is 25.8 Å². The highest BCUT2D eigenvalue weighted by Crippen LogP contribution is 2.33. The van der Waals surface area contributed by atoms with Crippen molar-refractivity contribution in [2.24, 2.45) is 0 Å². The molecule has 0 N–H and O–H groups in total. The van der Waals surface area contributed by atoms with Crippen LogP contribution in [0, 0.1) is 13.8 Å². The maximum Gasteiger partial charge on any atom is 0.253 e. The number of aromatic nitrogens is 1. The molecule has 2 aromatic rings. The van der Waals surface area contributed by atoms with Crippen LogP contribution in [0.3, 0.4) is 0 Å². The summed E-state index contributed by atoms with van der Waals surface area (Å²) in [5, 5.41) is 0. The number of piperazine rings is 1. The maximum absolute atomic E-state index is 13.1. The number of anilines is 1. The summed E-state index contributed by atoms with van der Waals surface area (Å²) in [5.74, 6) is 0.137. The molecule has 6 heteroatoms. The molecule has 1 aromatic heterocycles. The molecule has 0 unspecified atom stereocenters. The van der Waals surface area contributed by atoms with E-state index in [4.69, 9.17) is 0 Å². The van der Waals surface area contributed by atoms with Crippen LogP contribution in [0.4, 0.5) is 5.69 Å². The van der Waals surface area contributed by atoms with E-state index >= 15 is 0 Å². The molecule has 0 aliphatic carbocycles. The number of nitrogens with zero attached hydrogens (tertiary/aromatic N) is 4. The average molecular weight is 378 g/mol. The van der Waals surface area contributed by atoms with E-state index in [1.807, 2.05) is 54.1 Å². The molecule has 2 saturated heterocycles. The quantitative estimate of drug-likeness (QED) is 0.804. The van der Waals surface area contributed by atoms with Crippen molar-refractivity contribution in [1.82, 2.24) is 14.8 Å². The van der Waals surface area contributed by atoms with Crippen LogP contribution < -0.4 is 4.90 Å². The van der Waals surface area contributed by atoms with Crippen LogP contribution in [-0.2, 0) is 4.79 Å². The number of pyridine rings is 1. The van der Waals surface area contributed by atoms with Gasteiger partial charge in [0.2, 0.25) is 5.91 Å². The highest BCUT2D eigenvalue weighted by molar-refractivity contribution is 5.97. The lowest BCUT2D eigenvalue weighted by Gasteiger charge is -2.46. The third-order valence-corrected chi connectivity index (χ3v) is 6.27. The van der Waals surface area contributed by atoms with Gasteiger partial charge in [-0.25, -0.2) is 0 Å². The number of benzene rings is 1. The molecular formula is C22H26N4O2. The summed E-state index contributed by atoms with van der Waals surface area (Å²) in [5.41, 5.74) is 3.65. The minimum Gasteiger partial charge on any atom is -0.337 e. The Kier molecular flexibility index (Phi) is 4.67. The fraction of sp³-hybridized carbons (Fsp3) is 0.409. The number of hydrogen-bond acceptors (Lipinski definition) is 4. The van der Waals surface area contributed by atoms with E-state index in [9.17, 15) is 9.59 Å². The molecule has 2 aliphatic heterocycles. The first-order valence-electron chi connectivity index (χ1n) is 9.68. The highest BCUT2D eigenvalue weighted by atomic mass is 16.2. The number of amides is 2. The topological polar surface area (TPSA) is 56.8 Å². The molecule has 146 valence electrons. The fourth-order valence-electron chi connectivity index (χ4n) is 4.24. The number of carbonyl (C=O) groups is 2. The largest absolute Gasteiger partial charge is 0.337 e. The monoisotopic (exact) mass is 378 g/mol. The van der Waals surface area contributed by atoms with Gasteiger partial charge >= 0.3 is 0 Å². The van der Waals surface area contributed by atoms with Crippen LogP contribution in [0.15, 0.2) is 42.7 Å². The first-order chi connectivity index (χ1) is 13.4. The standard InChI is InChI=1S/C22H26N4O2/c1-16-6-7-18(11-17(16)2)21(28)25-10-8-22(14-25)15-26(20(27)13-24(22)3)19-5-4-9-23-12-19/h4-7,9,11-12H,8,10,13-15H2,1-3H3/t22-/m0/s1. The number of likely N-dealkylation sites (N-methyl/N-ethyl adjacent to an activating group) is 1. The van der Waals surface area contributed by atoms with E-state index in [1.54, 1.807) is 12.4 Å². The lowest BCUT2D eigenvalue weighted by atomic mass is 9.92. The van der Waals surface area contributed by atoms with Gasteiger partial charge < -0.3 is 9.80 Å². The van der Waals surface area contributed by atoms with Gasteiger partial charge in [0.15, 0.2) is 0 Å². The Balaban J connectivity index is 1.56. The van der Waals surface area contributed by atoms with Crippen molar-refractivity contribution >= 4 is 17.5 Å². The first-order valence-corrected chi connectivity index (χ1v) is 9.68. The zero-order valence-corrected chi connectivity index (χ0v) is 16.7. The smallest absolute Gasteiger partial charge is 0.253 e. The summed E-state index contributed by atoms with van der Waals surface area (Å²) in [4.78, 5) is 35.7. The Hall–Kier alpha value is -2.73. The second-order valence-electron chi connectivity index (χ2n) is 8.05. The van der Waals surface area contributed by atoms with Crippen LogP contribution in [0.5, 0.6) is 0 Å². The van der Waals surface area contributed by atoms with Crippen molar-refractivity contribution in [2.75, 3.05) is 38.1 Å². The molecule has 1 atom stereocenters. The third-order valence-electron chi connectivity index (χ3n) is 6.27. The predicted octanol–water partition coefficient (Wildman–Crippen LogP) is 2.26. The maximum atomic E-state index is 13.1. The second-order valence-corrected chi connectivity index (χ2v) is 8.05. The van der Waals surface area contributed by atoms with E-state index in [-0.39, 0.29) is 17.4 Å². The van der Waals surface area contributed by atoms with E-state index in [2.05, 4.69) is 16.8 Å². The van der Waals surface area contributed by atoms with Gasteiger partial charge in [0.1, 0.15) is 0 Å². The summed E-state index contributed by atoms with van der Waals surface area (Å²) in [6.07, 6.45) is 4.29. The van der Waals surface area contributed by atoms with Gasteiger partial charge in [0.05, 0.1) is 24.0 Å². The summed E-state index contributed by atoms with van der Waals surface area (Å²) >= 11 is 0. The lowest BCUT2D eigenvalue weighted by molar-refractivity contribution is -0.123. The van der Waals surface area contributed by atoms with Gasteiger partial charge in [-0.1, -0.05) is 6.07 Å². The van der Waals surface area contributed by atoms with Crippen molar-refractivity contribution in [3.05, 3.63) is 59.4 Å². The first kappa shape index (κ1) is 18.6. The normalized spacial score (nSPS) is 22.9. The van der Waals surface area contributed by atoms with Gasteiger partial charge in [0, 0.05) is 31.4 Å². The minimum atomic E-state index is -0.223. The van der Waals surface area contributed by atoms with Crippen LogP contribution in [-0.4, -0.2) is 65.4 Å². The number of carbonyl (C=O) groups excluding carboxylic acids is 2. The predicted molar refractivity (Wildman–Crippen MR) is 108 cm³/mol. The highest BCUT2D eigenvalue weighted by Gasteiger charge is 2.48. The van der Waals surface area contributed by atoms with Crippen molar-refractivity contribution in [3.63, 3.8) is 0 Å². The van der Waals surface area contributed by atoms with Gasteiger partial charge in [0.25, 0.3) is 5.91 Å². The molecule has 1 spiro atoms. The van der Waals surface area contributed by atoms with Crippen molar-refractivity contribution in [1.29, 1.82) is 0 Å². The van der Waals surface area contributed by atoms with Gasteiger partial charge in [-0.3, -0.25) is 19.5 Å². The second kappa shape index (κ2) is 7.02. The molecule has 2 aliphatic rings. The number of rotatable bonds is 2. The molecule has 0 radical (unpaired) electrons. The Labute approximate surface area is 165 Å². The molecule has 3 heterocycles. The summed E-state index contributed by atoms with van der Waals surface area (Å²) in [6.45, 7) is 6.33.